The lowest BCUT2D eigenvalue weighted by Crippen LogP contribution is -2.19. The van der Waals surface area contributed by atoms with Gasteiger partial charge in [0.15, 0.2) is 0 Å². The Labute approximate surface area is 148 Å². The zero-order chi connectivity index (χ0) is 16.7. The molecule has 1 aliphatic heterocycles. The second kappa shape index (κ2) is 5.92. The zero-order valence-electron chi connectivity index (χ0n) is 12.8. The van der Waals surface area contributed by atoms with Gasteiger partial charge in [0.1, 0.15) is 23.7 Å². The molecule has 0 spiro atoms. The summed E-state index contributed by atoms with van der Waals surface area (Å²) in [4.78, 5) is 10.8. The molecule has 3 aromatic rings. The normalized spacial score (nSPS) is 13.9. The Morgan fingerprint density at radius 1 is 1.17 bits per heavy atom. The summed E-state index contributed by atoms with van der Waals surface area (Å²) in [5, 5.41) is 6.69. The van der Waals surface area contributed by atoms with E-state index in [4.69, 9.17) is 23.2 Å². The molecule has 0 saturated carbocycles. The molecule has 0 amide bonds. The molecule has 0 radical (unpaired) electrons. The van der Waals surface area contributed by atoms with Crippen molar-refractivity contribution in [1.82, 2.24) is 14.8 Å². The summed E-state index contributed by atoms with van der Waals surface area (Å²) in [6, 6.07) is 5.40. The van der Waals surface area contributed by atoms with Crippen molar-refractivity contribution < 1.29 is 0 Å². The summed E-state index contributed by atoms with van der Waals surface area (Å²) < 4.78 is 1.71. The van der Waals surface area contributed by atoms with Crippen LogP contribution in [0, 0.1) is 6.92 Å². The van der Waals surface area contributed by atoms with Crippen molar-refractivity contribution in [2.24, 2.45) is 4.99 Å². The summed E-state index contributed by atoms with van der Waals surface area (Å²) in [6.45, 7) is 2.51. The second-order valence-corrected chi connectivity index (χ2v) is 6.27. The number of hydrogen-bond acceptors (Lipinski definition) is 4. The highest BCUT2D eigenvalue weighted by molar-refractivity contribution is 6.37. The van der Waals surface area contributed by atoms with E-state index in [-0.39, 0.29) is 0 Å². The fourth-order valence-corrected chi connectivity index (χ4v) is 3.26. The molecule has 0 bridgehead atoms. The SMILES string of the molecule is Cc1cnc(N2C=CC=NC2)c2cn(-c3c(Cl)cccc3Cl)nc12. The first-order chi connectivity index (χ1) is 11.6. The van der Waals surface area contributed by atoms with E-state index in [0.29, 0.717) is 22.4 Å². The Bertz CT molecular complexity index is 970. The van der Waals surface area contributed by atoms with Gasteiger partial charge >= 0.3 is 0 Å². The van der Waals surface area contributed by atoms with Gasteiger partial charge in [0.2, 0.25) is 0 Å². The second-order valence-electron chi connectivity index (χ2n) is 5.46. The molecule has 0 aliphatic carbocycles. The monoisotopic (exact) mass is 357 g/mol. The lowest BCUT2D eigenvalue weighted by atomic mass is 10.2. The molecular formula is C17H13Cl2N5. The van der Waals surface area contributed by atoms with E-state index < -0.39 is 0 Å². The van der Waals surface area contributed by atoms with Gasteiger partial charge in [0, 0.05) is 24.8 Å². The molecule has 120 valence electrons. The van der Waals surface area contributed by atoms with Gasteiger partial charge in [-0.3, -0.25) is 4.99 Å². The first kappa shape index (κ1) is 15.2. The minimum Gasteiger partial charge on any atom is -0.312 e. The van der Waals surface area contributed by atoms with Gasteiger partial charge in [-0.2, -0.15) is 5.10 Å². The third kappa shape index (κ3) is 2.46. The van der Waals surface area contributed by atoms with Crippen LogP contribution >= 0.6 is 23.2 Å². The minimum absolute atomic E-state index is 0.527. The van der Waals surface area contributed by atoms with Crippen molar-refractivity contribution in [3.8, 4) is 5.69 Å². The van der Waals surface area contributed by atoms with Gasteiger partial charge in [-0.15, -0.1) is 0 Å². The number of halogens is 2. The van der Waals surface area contributed by atoms with Crippen molar-refractivity contribution in [3.63, 3.8) is 0 Å². The molecule has 3 heterocycles. The Morgan fingerprint density at radius 3 is 2.67 bits per heavy atom. The number of hydrogen-bond donors (Lipinski definition) is 0. The summed E-state index contributed by atoms with van der Waals surface area (Å²) >= 11 is 12.6. The highest BCUT2D eigenvalue weighted by Crippen LogP contribution is 2.32. The van der Waals surface area contributed by atoms with E-state index in [1.165, 1.54) is 0 Å². The number of aryl methyl sites for hydroxylation is 1. The molecule has 5 nitrogen and oxygen atoms in total. The number of aliphatic imine (C=N–C) groups is 1. The number of allylic oxidation sites excluding steroid dienone is 1. The van der Waals surface area contributed by atoms with Crippen molar-refractivity contribution in [3.05, 3.63) is 58.5 Å². The standard InChI is InChI=1S/C17H13Cl2N5/c1-11-8-21-17(23-7-3-6-20-10-23)12-9-24(22-15(11)12)16-13(18)4-2-5-14(16)19/h2-9H,10H2,1H3. The maximum atomic E-state index is 6.32. The Kier molecular flexibility index (Phi) is 3.75. The fraction of sp³-hybridized carbons (Fsp3) is 0.118. The third-order valence-corrected chi connectivity index (χ3v) is 4.45. The van der Waals surface area contributed by atoms with Crippen LogP contribution in [0.5, 0.6) is 0 Å². The van der Waals surface area contributed by atoms with Gasteiger partial charge in [-0.1, -0.05) is 29.3 Å². The zero-order valence-corrected chi connectivity index (χ0v) is 14.3. The molecule has 2 aromatic heterocycles. The van der Waals surface area contributed by atoms with E-state index >= 15 is 0 Å². The van der Waals surface area contributed by atoms with E-state index in [2.05, 4.69) is 15.1 Å². The Hall–Kier alpha value is -2.37. The molecule has 24 heavy (non-hydrogen) atoms. The van der Waals surface area contributed by atoms with Crippen LogP contribution in [0.25, 0.3) is 16.6 Å². The first-order valence-electron chi connectivity index (χ1n) is 7.38. The third-order valence-electron chi connectivity index (χ3n) is 3.84. The summed E-state index contributed by atoms with van der Waals surface area (Å²) in [5.41, 5.74) is 2.51. The molecule has 1 aromatic carbocycles. The van der Waals surface area contributed by atoms with Crippen LogP contribution in [-0.4, -0.2) is 27.6 Å². The molecule has 0 N–H and O–H groups in total. The summed E-state index contributed by atoms with van der Waals surface area (Å²) in [5.74, 6) is 0.804. The lowest BCUT2D eigenvalue weighted by molar-refractivity contribution is 0.895. The molecular weight excluding hydrogens is 345 g/mol. The first-order valence-corrected chi connectivity index (χ1v) is 8.13. The van der Waals surface area contributed by atoms with Crippen LogP contribution in [0.1, 0.15) is 5.56 Å². The topological polar surface area (TPSA) is 46.3 Å². The molecule has 1 aliphatic rings. The lowest BCUT2D eigenvalue weighted by Gasteiger charge is -2.19. The maximum Gasteiger partial charge on any atom is 0.145 e. The van der Waals surface area contributed by atoms with Crippen molar-refractivity contribution in [2.75, 3.05) is 11.6 Å². The quantitative estimate of drug-likeness (QED) is 0.682. The summed E-state index contributed by atoms with van der Waals surface area (Å²) in [7, 11) is 0. The van der Waals surface area contributed by atoms with E-state index in [1.54, 1.807) is 23.0 Å². The van der Waals surface area contributed by atoms with Crippen molar-refractivity contribution in [1.29, 1.82) is 0 Å². The van der Waals surface area contributed by atoms with Crippen LogP contribution in [0.2, 0.25) is 10.0 Å². The van der Waals surface area contributed by atoms with Gasteiger partial charge in [-0.05, 0) is 30.7 Å². The highest BCUT2D eigenvalue weighted by atomic mass is 35.5. The molecule has 0 unspecified atom stereocenters. The smallest absolute Gasteiger partial charge is 0.145 e. The predicted molar refractivity (Wildman–Crippen MR) is 98.6 cm³/mol. The molecule has 4 rings (SSSR count). The molecule has 7 heteroatoms. The number of pyridine rings is 1. The van der Waals surface area contributed by atoms with Crippen LogP contribution in [0.3, 0.4) is 0 Å². The summed E-state index contributed by atoms with van der Waals surface area (Å²) in [6.07, 6.45) is 9.32. The van der Waals surface area contributed by atoms with E-state index in [1.807, 2.05) is 42.6 Å². The largest absolute Gasteiger partial charge is 0.312 e. The average Bonchev–Trinajstić information content (AvgIpc) is 3.01. The van der Waals surface area contributed by atoms with Crippen LogP contribution in [-0.2, 0) is 0 Å². The number of benzene rings is 1. The molecule has 0 atom stereocenters. The van der Waals surface area contributed by atoms with Crippen molar-refractivity contribution >= 4 is 46.1 Å². The van der Waals surface area contributed by atoms with Crippen LogP contribution in [0.15, 0.2) is 47.9 Å². The predicted octanol–water partition coefficient (Wildman–Crippen LogP) is 4.40. The minimum atomic E-state index is 0.527. The average molecular weight is 358 g/mol. The number of nitrogens with zero attached hydrogens (tertiary/aromatic N) is 5. The van der Waals surface area contributed by atoms with Gasteiger partial charge in [0.25, 0.3) is 0 Å². The van der Waals surface area contributed by atoms with Gasteiger partial charge < -0.3 is 4.90 Å². The number of fused-ring (bicyclic) bond motifs is 1. The van der Waals surface area contributed by atoms with Crippen LogP contribution < -0.4 is 4.90 Å². The van der Waals surface area contributed by atoms with E-state index in [0.717, 1.165) is 22.3 Å². The molecule has 0 fully saturated rings. The van der Waals surface area contributed by atoms with Gasteiger partial charge in [-0.25, -0.2) is 9.67 Å². The Balaban J connectivity index is 1.93. The van der Waals surface area contributed by atoms with Crippen molar-refractivity contribution in [2.45, 2.75) is 6.92 Å². The fourth-order valence-electron chi connectivity index (χ4n) is 2.69. The Morgan fingerprint density at radius 2 is 1.96 bits per heavy atom. The van der Waals surface area contributed by atoms with Gasteiger partial charge in [0.05, 0.1) is 15.4 Å². The number of aromatic nitrogens is 3. The number of rotatable bonds is 2. The number of anilines is 1. The van der Waals surface area contributed by atoms with E-state index in [9.17, 15) is 0 Å². The number of para-hydroxylation sites is 1. The maximum absolute atomic E-state index is 6.32. The highest BCUT2D eigenvalue weighted by Gasteiger charge is 2.17. The van der Waals surface area contributed by atoms with Crippen LogP contribution in [0.4, 0.5) is 5.82 Å². The molecule has 0 saturated heterocycles.